The molecule has 194 valence electrons. The Labute approximate surface area is 224 Å². The summed E-state index contributed by atoms with van der Waals surface area (Å²) in [5, 5.41) is 20.2. The monoisotopic (exact) mass is 519 g/mol. The van der Waals surface area contributed by atoms with Crippen LogP contribution in [0, 0.1) is 5.41 Å². The van der Waals surface area contributed by atoms with Gasteiger partial charge in [0.05, 0.1) is 29.5 Å². The average Bonchev–Trinajstić information content (AvgIpc) is 3.35. The molecule has 5 aromatic rings. The van der Waals surface area contributed by atoms with Crippen molar-refractivity contribution in [2.24, 2.45) is 5.73 Å². The Bertz CT molecular complexity index is 1680. The van der Waals surface area contributed by atoms with Crippen molar-refractivity contribution in [2.45, 2.75) is 13.3 Å². The number of amidine groups is 1. The fourth-order valence-corrected chi connectivity index (χ4v) is 4.29. The highest BCUT2D eigenvalue weighted by molar-refractivity contribution is 6.12. The van der Waals surface area contributed by atoms with Crippen molar-refractivity contribution in [3.63, 3.8) is 0 Å². The number of fused-ring (bicyclic) bond motifs is 1. The molecule has 9 nitrogen and oxygen atoms in total. The number of aromatic carboxylic acids is 1. The highest BCUT2D eigenvalue weighted by Gasteiger charge is 2.21. The number of benzene rings is 4. The van der Waals surface area contributed by atoms with Crippen LogP contribution in [-0.2, 0) is 18.1 Å². The summed E-state index contributed by atoms with van der Waals surface area (Å²) < 4.78 is 7.68. The van der Waals surface area contributed by atoms with E-state index in [0.717, 1.165) is 5.56 Å². The Morgan fingerprint density at radius 2 is 1.64 bits per heavy atom. The smallest absolute Gasteiger partial charge is 0.336 e. The van der Waals surface area contributed by atoms with E-state index in [1.165, 1.54) is 6.07 Å². The molecule has 0 radical (unpaired) electrons. The number of hydrogen-bond donors (Lipinski definition) is 4. The largest absolute Gasteiger partial charge is 0.478 e. The number of anilines is 1. The Hall–Kier alpha value is -5.28. The van der Waals surface area contributed by atoms with Gasteiger partial charge in [-0.1, -0.05) is 48.5 Å². The lowest BCUT2D eigenvalue weighted by Gasteiger charge is -2.14. The van der Waals surface area contributed by atoms with Crippen molar-refractivity contribution < 1.29 is 19.4 Å². The molecule has 9 heteroatoms. The van der Waals surface area contributed by atoms with Gasteiger partial charge in [-0.05, 0) is 59.2 Å². The standard InChI is InChI=1S/C30H25N5O4/c31-28(32)20-10-12-21(13-11-20)34-29(36)25-15-27-26(14-24(25)22-8-4-5-9-23(22)30(37)38)33-17-35(27)18-39-16-19-6-2-1-3-7-19/h1-15,17H,16,18H2,(H3,31,32)(H,34,36)(H,37,38). The highest BCUT2D eigenvalue weighted by atomic mass is 16.5. The molecule has 0 bridgehead atoms. The van der Waals surface area contributed by atoms with Crippen LogP contribution in [0.5, 0.6) is 0 Å². The minimum absolute atomic E-state index is 0.0716. The molecule has 0 fully saturated rings. The van der Waals surface area contributed by atoms with E-state index in [2.05, 4.69) is 10.3 Å². The summed E-state index contributed by atoms with van der Waals surface area (Å²) in [5.74, 6) is -1.61. The van der Waals surface area contributed by atoms with Crippen LogP contribution in [0.4, 0.5) is 5.69 Å². The molecule has 0 aliphatic rings. The van der Waals surface area contributed by atoms with Crippen LogP contribution in [0.15, 0.2) is 97.3 Å². The van der Waals surface area contributed by atoms with Gasteiger partial charge >= 0.3 is 5.97 Å². The van der Waals surface area contributed by atoms with Gasteiger partial charge in [-0.3, -0.25) is 10.2 Å². The highest BCUT2D eigenvalue weighted by Crippen LogP contribution is 2.32. The maximum Gasteiger partial charge on any atom is 0.336 e. The van der Waals surface area contributed by atoms with Gasteiger partial charge in [-0.2, -0.15) is 0 Å². The van der Waals surface area contributed by atoms with Crippen molar-refractivity contribution >= 4 is 34.4 Å². The summed E-state index contributed by atoms with van der Waals surface area (Å²) >= 11 is 0. The van der Waals surface area contributed by atoms with E-state index in [9.17, 15) is 14.7 Å². The first kappa shape index (κ1) is 25.4. The molecule has 0 spiro atoms. The van der Waals surface area contributed by atoms with Crippen molar-refractivity contribution in [3.05, 3.63) is 120 Å². The summed E-state index contributed by atoms with van der Waals surface area (Å²) in [6, 6.07) is 26.3. The third-order valence-electron chi connectivity index (χ3n) is 6.25. The van der Waals surface area contributed by atoms with Crippen LogP contribution >= 0.6 is 0 Å². The Morgan fingerprint density at radius 1 is 0.923 bits per heavy atom. The quantitative estimate of drug-likeness (QED) is 0.157. The second-order valence-electron chi connectivity index (χ2n) is 8.86. The minimum Gasteiger partial charge on any atom is -0.478 e. The molecule has 0 saturated carbocycles. The van der Waals surface area contributed by atoms with Gasteiger partial charge in [0.2, 0.25) is 0 Å². The second-order valence-corrected chi connectivity index (χ2v) is 8.86. The molecule has 0 aliphatic heterocycles. The number of carboxylic acid groups (broad SMARTS) is 1. The number of amides is 1. The second kappa shape index (κ2) is 11.0. The lowest BCUT2D eigenvalue weighted by Crippen LogP contribution is -2.15. The van der Waals surface area contributed by atoms with E-state index in [-0.39, 0.29) is 23.7 Å². The third-order valence-corrected chi connectivity index (χ3v) is 6.25. The molecule has 4 aromatic carbocycles. The van der Waals surface area contributed by atoms with E-state index in [4.69, 9.17) is 15.9 Å². The number of hydrogen-bond acceptors (Lipinski definition) is 5. The molecule has 1 aromatic heterocycles. The van der Waals surface area contributed by atoms with Crippen LogP contribution in [0.3, 0.4) is 0 Å². The molecule has 1 heterocycles. The van der Waals surface area contributed by atoms with Crippen molar-refractivity contribution in [1.82, 2.24) is 9.55 Å². The number of nitrogen functional groups attached to an aromatic ring is 1. The summed E-state index contributed by atoms with van der Waals surface area (Å²) in [6.07, 6.45) is 1.63. The van der Waals surface area contributed by atoms with Gasteiger partial charge in [-0.15, -0.1) is 0 Å². The molecular weight excluding hydrogens is 494 g/mol. The zero-order valence-electron chi connectivity index (χ0n) is 20.8. The fourth-order valence-electron chi connectivity index (χ4n) is 4.29. The first-order valence-corrected chi connectivity index (χ1v) is 12.1. The minimum atomic E-state index is -1.10. The number of nitrogens with one attached hydrogen (secondary N) is 2. The molecule has 0 unspecified atom stereocenters. The number of carboxylic acids is 1. The number of aromatic nitrogens is 2. The molecule has 5 rings (SSSR count). The topological polar surface area (TPSA) is 143 Å². The Balaban J connectivity index is 1.53. The summed E-state index contributed by atoms with van der Waals surface area (Å²) in [4.78, 5) is 30.1. The normalized spacial score (nSPS) is 10.9. The fraction of sp³-hybridized carbons (Fsp3) is 0.0667. The molecule has 0 saturated heterocycles. The summed E-state index contributed by atoms with van der Waals surface area (Å²) in [7, 11) is 0. The summed E-state index contributed by atoms with van der Waals surface area (Å²) in [5.41, 5.74) is 10.0. The Kier molecular flexibility index (Phi) is 7.15. The van der Waals surface area contributed by atoms with Gasteiger partial charge in [0, 0.05) is 16.8 Å². The number of imidazole rings is 1. The van der Waals surface area contributed by atoms with Gasteiger partial charge in [0.15, 0.2) is 0 Å². The van der Waals surface area contributed by atoms with Crippen molar-refractivity contribution in [1.29, 1.82) is 5.41 Å². The first-order chi connectivity index (χ1) is 18.9. The number of nitrogens with two attached hydrogens (primary N) is 1. The molecule has 5 N–H and O–H groups in total. The SMILES string of the molecule is N=C(N)c1ccc(NC(=O)c2cc3c(cc2-c2ccccc2C(=O)O)ncn3COCc2ccccc2)cc1. The molecule has 1 amide bonds. The van der Waals surface area contributed by atoms with Crippen LogP contribution in [0.1, 0.15) is 31.8 Å². The number of rotatable bonds is 9. The van der Waals surface area contributed by atoms with E-state index in [1.807, 2.05) is 30.3 Å². The van der Waals surface area contributed by atoms with E-state index < -0.39 is 11.9 Å². The van der Waals surface area contributed by atoms with Gasteiger partial charge in [-0.25, -0.2) is 9.78 Å². The zero-order valence-corrected chi connectivity index (χ0v) is 20.8. The molecule has 39 heavy (non-hydrogen) atoms. The maximum absolute atomic E-state index is 13.6. The van der Waals surface area contributed by atoms with Crippen LogP contribution in [0.25, 0.3) is 22.2 Å². The summed E-state index contributed by atoms with van der Waals surface area (Å²) in [6.45, 7) is 0.623. The van der Waals surface area contributed by atoms with Gasteiger partial charge in [0.25, 0.3) is 5.91 Å². The molecular formula is C30H25N5O4. The van der Waals surface area contributed by atoms with Crippen LogP contribution < -0.4 is 11.1 Å². The predicted octanol–water partition coefficient (Wildman–Crippen LogP) is 5.11. The Morgan fingerprint density at radius 3 is 2.36 bits per heavy atom. The lowest BCUT2D eigenvalue weighted by molar-refractivity contribution is 0.0664. The van der Waals surface area contributed by atoms with E-state index in [0.29, 0.717) is 40.0 Å². The van der Waals surface area contributed by atoms with Gasteiger partial charge in [0.1, 0.15) is 12.6 Å². The lowest BCUT2D eigenvalue weighted by atomic mass is 9.94. The maximum atomic E-state index is 13.6. The van der Waals surface area contributed by atoms with Crippen molar-refractivity contribution in [2.75, 3.05) is 5.32 Å². The average molecular weight is 520 g/mol. The number of nitrogens with zero attached hydrogens (tertiary/aromatic N) is 2. The van der Waals surface area contributed by atoms with E-state index >= 15 is 0 Å². The molecule has 0 atom stereocenters. The van der Waals surface area contributed by atoms with Crippen molar-refractivity contribution in [3.8, 4) is 11.1 Å². The van der Waals surface area contributed by atoms with Crippen LogP contribution in [-0.4, -0.2) is 32.4 Å². The number of ether oxygens (including phenoxy) is 1. The zero-order chi connectivity index (χ0) is 27.4. The van der Waals surface area contributed by atoms with Crippen LogP contribution in [0.2, 0.25) is 0 Å². The van der Waals surface area contributed by atoms with Gasteiger partial charge < -0.3 is 25.5 Å². The number of carbonyl (C=O) groups excluding carboxylic acids is 1. The first-order valence-electron chi connectivity index (χ1n) is 12.1. The molecule has 0 aliphatic carbocycles. The van der Waals surface area contributed by atoms with E-state index in [1.54, 1.807) is 65.5 Å². The number of carbonyl (C=O) groups is 2. The predicted molar refractivity (Wildman–Crippen MR) is 149 cm³/mol. The third kappa shape index (κ3) is 5.53.